The maximum absolute atomic E-state index is 6.18. The van der Waals surface area contributed by atoms with E-state index in [0.29, 0.717) is 18.1 Å². The van der Waals surface area contributed by atoms with E-state index >= 15 is 0 Å². The molecule has 1 heterocycles. The Morgan fingerprint density at radius 3 is 2.06 bits per heavy atom. The zero-order valence-corrected chi connectivity index (χ0v) is 33.5. The van der Waals surface area contributed by atoms with Crippen molar-refractivity contribution in [3.05, 3.63) is 112 Å². The summed E-state index contributed by atoms with van der Waals surface area (Å²) in [6.07, 6.45) is 13.5. The van der Waals surface area contributed by atoms with Crippen LogP contribution in [0.15, 0.2) is 111 Å². The first-order chi connectivity index (χ1) is 23.7. The quantitative estimate of drug-likeness (QED) is 0.150. The van der Waals surface area contributed by atoms with Gasteiger partial charge in [-0.2, -0.15) is 11.8 Å². The van der Waals surface area contributed by atoms with Gasteiger partial charge in [-0.25, -0.2) is 0 Å². The molecule has 2 N–H and O–H groups in total. The van der Waals surface area contributed by atoms with Crippen LogP contribution < -0.4 is 5.73 Å². The van der Waals surface area contributed by atoms with Crippen molar-refractivity contribution in [1.82, 2.24) is 0 Å². The molecule has 0 radical (unpaired) electrons. The number of nitrogens with zero attached hydrogens (tertiary/aromatic N) is 2. The van der Waals surface area contributed by atoms with Crippen LogP contribution in [0.1, 0.15) is 126 Å². The van der Waals surface area contributed by atoms with E-state index in [-0.39, 0.29) is 0 Å². The highest BCUT2D eigenvalue weighted by atomic mass is 32.2. The van der Waals surface area contributed by atoms with Gasteiger partial charge < -0.3 is 10.5 Å². The maximum atomic E-state index is 6.18. The van der Waals surface area contributed by atoms with E-state index in [4.69, 9.17) is 15.5 Å². The summed E-state index contributed by atoms with van der Waals surface area (Å²) >= 11 is 1.97. The second-order valence-corrected chi connectivity index (χ2v) is 13.5. The normalized spacial score (nSPS) is 18.6. The van der Waals surface area contributed by atoms with Crippen molar-refractivity contribution >= 4 is 29.4 Å². The topological polar surface area (TPSA) is 60.0 Å². The molecule has 2 aromatic rings. The molecule has 3 unspecified atom stereocenters. The molecule has 5 heteroatoms. The van der Waals surface area contributed by atoms with Crippen molar-refractivity contribution in [3.8, 4) is 0 Å². The summed E-state index contributed by atoms with van der Waals surface area (Å²) < 4.78 is 5.99. The van der Waals surface area contributed by atoms with Crippen molar-refractivity contribution in [2.75, 3.05) is 11.5 Å². The van der Waals surface area contributed by atoms with Crippen molar-refractivity contribution in [2.45, 2.75) is 127 Å². The van der Waals surface area contributed by atoms with Crippen LogP contribution in [-0.2, 0) is 4.74 Å². The second kappa shape index (κ2) is 25.8. The molecule has 0 spiro atoms. The predicted molar refractivity (Wildman–Crippen MR) is 222 cm³/mol. The fraction of sp³-hybridized carbons (Fsp3) is 0.500. The Hall–Kier alpha value is -3.15. The number of benzene rings is 2. The van der Waals surface area contributed by atoms with Crippen LogP contribution in [0.3, 0.4) is 0 Å². The van der Waals surface area contributed by atoms with Gasteiger partial charge in [0.2, 0.25) is 0 Å². The Kier molecular flexibility index (Phi) is 23.1. The molecule has 0 bridgehead atoms. The maximum Gasteiger partial charge on any atom is 0.0703 e. The number of rotatable bonds is 15. The number of allylic oxidation sites excluding steroid dienone is 4. The summed E-state index contributed by atoms with van der Waals surface area (Å²) in [4.78, 5) is 9.63. The van der Waals surface area contributed by atoms with E-state index in [1.54, 1.807) is 6.21 Å². The summed E-state index contributed by atoms with van der Waals surface area (Å²) in [7, 11) is 0. The third-order valence-corrected chi connectivity index (χ3v) is 9.75. The molecule has 270 valence electrons. The predicted octanol–water partition coefficient (Wildman–Crippen LogP) is 12.6. The fourth-order valence-corrected chi connectivity index (χ4v) is 6.33. The van der Waals surface area contributed by atoms with E-state index in [9.17, 15) is 0 Å². The number of unbranched alkanes of at least 4 members (excludes halogenated alkanes) is 1. The van der Waals surface area contributed by atoms with E-state index in [1.165, 1.54) is 40.8 Å². The van der Waals surface area contributed by atoms with Gasteiger partial charge in [0.25, 0.3) is 0 Å². The highest BCUT2D eigenvalue weighted by Gasteiger charge is 2.21. The minimum Gasteiger partial charge on any atom is -0.398 e. The Labute approximate surface area is 305 Å². The Morgan fingerprint density at radius 2 is 1.55 bits per heavy atom. The molecule has 2 aromatic carbocycles. The van der Waals surface area contributed by atoms with Crippen LogP contribution in [0.25, 0.3) is 5.70 Å². The molecule has 0 saturated carbocycles. The lowest BCUT2D eigenvalue weighted by Gasteiger charge is -2.17. The zero-order valence-electron chi connectivity index (χ0n) is 32.7. The molecule has 3 atom stereocenters. The Balaban J connectivity index is 0.000000540. The summed E-state index contributed by atoms with van der Waals surface area (Å²) in [5.41, 5.74) is 16.3. The lowest BCUT2D eigenvalue weighted by Crippen LogP contribution is -2.13. The molecule has 0 aliphatic carbocycles. The molecule has 49 heavy (non-hydrogen) atoms. The molecule has 0 amide bonds. The van der Waals surface area contributed by atoms with E-state index in [1.807, 2.05) is 39.5 Å². The SMILES string of the molecule is CC.CC=N/C(C)=C(/C=C\CCC)C(\N)=C(/C)CC.CCC(C)C(=N/C(=C(\C)CSCC1CCC(C)O1)c1ccccc1)c1ccccc1. The van der Waals surface area contributed by atoms with Crippen LogP contribution >= 0.6 is 11.8 Å². The summed E-state index contributed by atoms with van der Waals surface area (Å²) in [5, 5.41) is 0. The number of ether oxygens (including phenoxy) is 1. The van der Waals surface area contributed by atoms with Gasteiger partial charge in [-0.3, -0.25) is 9.98 Å². The first-order valence-corrected chi connectivity index (χ1v) is 19.8. The Morgan fingerprint density at radius 1 is 0.939 bits per heavy atom. The van der Waals surface area contributed by atoms with Gasteiger partial charge in [0, 0.05) is 40.3 Å². The van der Waals surface area contributed by atoms with Gasteiger partial charge in [0.15, 0.2) is 0 Å². The molecule has 1 aliphatic rings. The molecule has 4 nitrogen and oxygen atoms in total. The molecule has 0 aromatic heterocycles. The van der Waals surface area contributed by atoms with Crippen molar-refractivity contribution in [3.63, 3.8) is 0 Å². The van der Waals surface area contributed by atoms with Gasteiger partial charge >= 0.3 is 0 Å². The van der Waals surface area contributed by atoms with Crippen LogP contribution in [0.2, 0.25) is 0 Å². The van der Waals surface area contributed by atoms with E-state index < -0.39 is 0 Å². The lowest BCUT2D eigenvalue weighted by molar-refractivity contribution is 0.0700. The third-order valence-electron chi connectivity index (χ3n) is 8.51. The first kappa shape index (κ1) is 43.9. The number of aliphatic imine (C=N–C) groups is 2. The van der Waals surface area contributed by atoms with E-state index in [0.717, 1.165) is 59.9 Å². The smallest absolute Gasteiger partial charge is 0.0703 e. The minimum atomic E-state index is 0.403. The van der Waals surface area contributed by atoms with Crippen LogP contribution in [0.5, 0.6) is 0 Å². The van der Waals surface area contributed by atoms with Crippen LogP contribution in [0.4, 0.5) is 0 Å². The molecule has 1 fully saturated rings. The van der Waals surface area contributed by atoms with Crippen molar-refractivity contribution < 1.29 is 4.74 Å². The van der Waals surface area contributed by atoms with Crippen LogP contribution in [-0.4, -0.2) is 35.6 Å². The van der Waals surface area contributed by atoms with Gasteiger partial charge in [-0.1, -0.05) is 121 Å². The molecular formula is C44H67N3OS. The average molecular weight is 686 g/mol. The first-order valence-electron chi connectivity index (χ1n) is 18.6. The van der Waals surface area contributed by atoms with Gasteiger partial charge in [0.05, 0.1) is 23.6 Å². The molecule has 3 rings (SSSR count). The van der Waals surface area contributed by atoms with Gasteiger partial charge in [-0.05, 0) is 89.4 Å². The monoisotopic (exact) mass is 686 g/mol. The molecular weight excluding hydrogens is 619 g/mol. The molecule has 1 saturated heterocycles. The average Bonchev–Trinajstić information content (AvgIpc) is 3.56. The van der Waals surface area contributed by atoms with Crippen molar-refractivity contribution in [1.29, 1.82) is 0 Å². The lowest BCUT2D eigenvalue weighted by atomic mass is 9.95. The standard InChI is InChI=1S/C27H35NOS.C15H26N2.C2H6/c1-5-20(2)26(23-12-8-6-9-13-23)28-27(24-14-10-7-11-15-24)21(3)18-30-19-25-17-16-22(4)29-25;1-6-9-10-11-14(13(5)17-8-3)15(16)12(4)7-2;1-2/h6-15,20,22,25H,5,16-19H2,1-4H3;8,10-11H,6-7,9,16H2,1-5H3;1-2H3/b27-21+,28-26?;11-10-,14-13-,15-12-,17-8?;. The number of hydrogen-bond acceptors (Lipinski definition) is 5. The Bertz CT molecular complexity index is 1390. The van der Waals surface area contributed by atoms with Crippen molar-refractivity contribution in [2.24, 2.45) is 21.6 Å². The summed E-state index contributed by atoms with van der Waals surface area (Å²) in [6.45, 7) is 23.2. The second-order valence-electron chi connectivity index (χ2n) is 12.5. The van der Waals surface area contributed by atoms with E-state index in [2.05, 4.69) is 126 Å². The highest BCUT2D eigenvalue weighted by Crippen LogP contribution is 2.28. The molecule has 1 aliphatic heterocycles. The van der Waals surface area contributed by atoms with Gasteiger partial charge in [0.1, 0.15) is 0 Å². The number of nitrogens with two attached hydrogens (primary N) is 1. The summed E-state index contributed by atoms with van der Waals surface area (Å²) in [6, 6.07) is 21.2. The number of hydrogen-bond donors (Lipinski definition) is 1. The van der Waals surface area contributed by atoms with Gasteiger partial charge in [-0.15, -0.1) is 0 Å². The minimum absolute atomic E-state index is 0.403. The highest BCUT2D eigenvalue weighted by molar-refractivity contribution is 7.99. The fourth-order valence-electron chi connectivity index (χ4n) is 5.26. The summed E-state index contributed by atoms with van der Waals surface area (Å²) in [5.74, 6) is 2.44. The number of thioether (sulfide) groups is 1. The third kappa shape index (κ3) is 16.0. The zero-order chi connectivity index (χ0) is 36.6. The largest absolute Gasteiger partial charge is 0.398 e. The van der Waals surface area contributed by atoms with Crippen LogP contribution in [0, 0.1) is 5.92 Å².